The molecule has 0 bridgehead atoms. The molecule has 12 heavy (non-hydrogen) atoms. The first-order valence-electron chi connectivity index (χ1n) is 4.88. The Hall–Kier alpha value is -0.590. The highest BCUT2D eigenvalue weighted by molar-refractivity contribution is 5.88. The van der Waals surface area contributed by atoms with Crippen LogP contribution >= 0.6 is 0 Å². The molecule has 0 amide bonds. The summed E-state index contributed by atoms with van der Waals surface area (Å²) in [4.78, 5) is 11.2. The molecule has 0 aromatic carbocycles. The maximum absolute atomic E-state index is 11.2. The first-order chi connectivity index (χ1) is 5.68. The fourth-order valence-electron chi connectivity index (χ4n) is 2.92. The summed E-state index contributed by atoms with van der Waals surface area (Å²) in [6.07, 6.45) is 6.37. The van der Waals surface area contributed by atoms with E-state index in [1.165, 1.54) is 37.7 Å². The first-order valence-corrected chi connectivity index (χ1v) is 4.88. The largest absolute Gasteiger partial charge is 0.299 e. The molecule has 1 atom stereocenters. The summed E-state index contributed by atoms with van der Waals surface area (Å²) >= 11 is 0. The average Bonchev–Trinajstić information content (AvgIpc) is 2.57. The maximum Gasteiger partial charge on any atom is 0.137 e. The summed E-state index contributed by atoms with van der Waals surface area (Å²) in [5.74, 6) is 0.569. The van der Waals surface area contributed by atoms with E-state index in [0.29, 0.717) is 5.78 Å². The van der Waals surface area contributed by atoms with Crippen molar-refractivity contribution in [3.05, 3.63) is 12.2 Å². The number of rotatable bonds is 1. The molecule has 0 radical (unpaired) electrons. The zero-order chi connectivity index (χ0) is 8.77. The van der Waals surface area contributed by atoms with Gasteiger partial charge in [-0.1, -0.05) is 31.4 Å². The molecular formula is C11H16O. The number of hydrogen-bond donors (Lipinski definition) is 0. The van der Waals surface area contributed by atoms with Crippen molar-refractivity contribution in [1.29, 1.82) is 0 Å². The van der Waals surface area contributed by atoms with Crippen molar-refractivity contribution >= 4 is 5.78 Å². The number of carbonyl (C=O) groups excluding carboxylic acids is 1. The van der Waals surface area contributed by atoms with Crippen LogP contribution in [-0.4, -0.2) is 5.78 Å². The molecule has 0 N–H and O–H groups in total. The van der Waals surface area contributed by atoms with Crippen molar-refractivity contribution in [1.82, 2.24) is 0 Å². The van der Waals surface area contributed by atoms with Gasteiger partial charge in [-0.25, -0.2) is 0 Å². The average molecular weight is 164 g/mol. The summed E-state index contributed by atoms with van der Waals surface area (Å²) < 4.78 is 0. The predicted octanol–water partition coefficient (Wildman–Crippen LogP) is 2.71. The van der Waals surface area contributed by atoms with E-state index in [9.17, 15) is 4.79 Å². The standard InChI is InChI=1S/C11H16O/c1-8-10(9(2)12)11(8)6-4-3-5-7-11/h10H,1,3-7H2,2H3. The van der Waals surface area contributed by atoms with Crippen molar-refractivity contribution in [2.45, 2.75) is 39.0 Å². The van der Waals surface area contributed by atoms with Crippen LogP contribution in [-0.2, 0) is 4.79 Å². The fraction of sp³-hybridized carbons (Fsp3) is 0.727. The highest BCUT2D eigenvalue weighted by Crippen LogP contribution is 2.65. The van der Waals surface area contributed by atoms with Gasteiger partial charge in [0.25, 0.3) is 0 Å². The van der Waals surface area contributed by atoms with Crippen molar-refractivity contribution in [3.8, 4) is 0 Å². The Balaban J connectivity index is 2.14. The van der Waals surface area contributed by atoms with Crippen LogP contribution in [0.4, 0.5) is 0 Å². The van der Waals surface area contributed by atoms with E-state index in [1.54, 1.807) is 6.92 Å². The summed E-state index contributed by atoms with van der Waals surface area (Å²) in [5, 5.41) is 0. The van der Waals surface area contributed by atoms with E-state index < -0.39 is 0 Å². The number of allylic oxidation sites excluding steroid dienone is 1. The lowest BCUT2D eigenvalue weighted by molar-refractivity contribution is -0.118. The van der Waals surface area contributed by atoms with Gasteiger partial charge in [0.05, 0.1) is 0 Å². The van der Waals surface area contributed by atoms with E-state index >= 15 is 0 Å². The van der Waals surface area contributed by atoms with Gasteiger partial charge >= 0.3 is 0 Å². The third-order valence-corrected chi connectivity index (χ3v) is 3.61. The smallest absolute Gasteiger partial charge is 0.137 e. The van der Waals surface area contributed by atoms with Gasteiger partial charge in [0.2, 0.25) is 0 Å². The molecular weight excluding hydrogens is 148 g/mol. The molecule has 0 heterocycles. The van der Waals surface area contributed by atoms with Crippen LogP contribution in [0.5, 0.6) is 0 Å². The first kappa shape index (κ1) is 8.03. The molecule has 0 saturated heterocycles. The molecule has 1 spiro atoms. The molecule has 1 unspecified atom stereocenters. The minimum absolute atomic E-state index is 0.234. The predicted molar refractivity (Wildman–Crippen MR) is 48.8 cm³/mol. The van der Waals surface area contributed by atoms with Crippen LogP contribution in [0, 0.1) is 11.3 Å². The third-order valence-electron chi connectivity index (χ3n) is 3.61. The lowest BCUT2D eigenvalue weighted by atomic mass is 9.83. The van der Waals surface area contributed by atoms with E-state index in [-0.39, 0.29) is 11.3 Å². The Morgan fingerprint density at radius 1 is 1.42 bits per heavy atom. The number of hydrogen-bond acceptors (Lipinski definition) is 1. The van der Waals surface area contributed by atoms with Crippen LogP contribution < -0.4 is 0 Å². The van der Waals surface area contributed by atoms with Gasteiger partial charge in [0.15, 0.2) is 0 Å². The van der Waals surface area contributed by atoms with Crippen LogP contribution in [0.15, 0.2) is 12.2 Å². The zero-order valence-corrected chi connectivity index (χ0v) is 7.73. The summed E-state index contributed by atoms with van der Waals surface area (Å²) in [7, 11) is 0. The van der Waals surface area contributed by atoms with Crippen molar-refractivity contribution < 1.29 is 4.79 Å². The van der Waals surface area contributed by atoms with Crippen molar-refractivity contribution in [2.75, 3.05) is 0 Å². The minimum atomic E-state index is 0.234. The number of Topliss-reactive ketones (excluding diaryl/α,β-unsaturated/α-hetero) is 1. The second-order valence-electron chi connectivity index (χ2n) is 4.29. The summed E-state index contributed by atoms with van der Waals surface area (Å²) in [5.41, 5.74) is 1.51. The van der Waals surface area contributed by atoms with Gasteiger partial charge in [-0.3, -0.25) is 4.79 Å². The molecule has 2 aliphatic carbocycles. The highest BCUT2D eigenvalue weighted by atomic mass is 16.1. The van der Waals surface area contributed by atoms with Crippen LogP contribution in [0.1, 0.15) is 39.0 Å². The molecule has 0 aliphatic heterocycles. The fourth-order valence-corrected chi connectivity index (χ4v) is 2.92. The second kappa shape index (κ2) is 2.45. The molecule has 2 aliphatic rings. The Morgan fingerprint density at radius 2 is 2.00 bits per heavy atom. The molecule has 2 saturated carbocycles. The number of carbonyl (C=O) groups is 1. The maximum atomic E-state index is 11.2. The Bertz CT molecular complexity index is 233. The molecule has 1 heteroatoms. The van der Waals surface area contributed by atoms with Crippen molar-refractivity contribution in [3.63, 3.8) is 0 Å². The van der Waals surface area contributed by atoms with Crippen LogP contribution in [0.3, 0.4) is 0 Å². The number of ketones is 1. The van der Waals surface area contributed by atoms with Crippen LogP contribution in [0.25, 0.3) is 0 Å². The van der Waals surface area contributed by atoms with E-state index in [1.807, 2.05) is 0 Å². The van der Waals surface area contributed by atoms with E-state index in [2.05, 4.69) is 6.58 Å². The van der Waals surface area contributed by atoms with Crippen molar-refractivity contribution in [2.24, 2.45) is 11.3 Å². The minimum Gasteiger partial charge on any atom is -0.299 e. The Morgan fingerprint density at radius 3 is 2.42 bits per heavy atom. The zero-order valence-electron chi connectivity index (χ0n) is 7.73. The topological polar surface area (TPSA) is 17.1 Å². The normalized spacial score (nSPS) is 32.1. The van der Waals surface area contributed by atoms with Gasteiger partial charge in [-0.2, -0.15) is 0 Å². The molecule has 0 aromatic heterocycles. The third kappa shape index (κ3) is 0.886. The van der Waals surface area contributed by atoms with Gasteiger partial charge < -0.3 is 0 Å². The quantitative estimate of drug-likeness (QED) is 0.544. The van der Waals surface area contributed by atoms with Crippen LogP contribution in [0.2, 0.25) is 0 Å². The lowest BCUT2D eigenvalue weighted by Crippen LogP contribution is -2.12. The molecule has 2 rings (SSSR count). The molecule has 1 nitrogen and oxygen atoms in total. The Kier molecular flexibility index (Phi) is 1.64. The van der Waals surface area contributed by atoms with E-state index in [0.717, 1.165) is 0 Å². The summed E-state index contributed by atoms with van der Waals surface area (Å²) in [6, 6.07) is 0. The van der Waals surface area contributed by atoms with Gasteiger partial charge in [0, 0.05) is 11.3 Å². The lowest BCUT2D eigenvalue weighted by Gasteiger charge is -2.21. The Labute approximate surface area is 73.8 Å². The monoisotopic (exact) mass is 164 g/mol. The molecule has 2 fully saturated rings. The molecule has 66 valence electrons. The van der Waals surface area contributed by atoms with Gasteiger partial charge in [-0.05, 0) is 19.8 Å². The second-order valence-corrected chi connectivity index (χ2v) is 4.29. The summed E-state index contributed by atoms with van der Waals surface area (Å²) in [6.45, 7) is 5.73. The van der Waals surface area contributed by atoms with Gasteiger partial charge in [-0.15, -0.1) is 0 Å². The SMILES string of the molecule is C=C1C(C(C)=O)C12CCCCC2. The van der Waals surface area contributed by atoms with Gasteiger partial charge in [0.1, 0.15) is 5.78 Å². The van der Waals surface area contributed by atoms with E-state index in [4.69, 9.17) is 0 Å². The highest BCUT2D eigenvalue weighted by Gasteiger charge is 2.60. The molecule has 0 aromatic rings.